The first-order valence-electron chi connectivity index (χ1n) is 12.5. The van der Waals surface area contributed by atoms with Crippen LogP contribution in [0, 0.1) is 0 Å². The van der Waals surface area contributed by atoms with Gasteiger partial charge >= 0.3 is 0 Å². The van der Waals surface area contributed by atoms with Crippen LogP contribution in [0.5, 0.6) is 0 Å². The van der Waals surface area contributed by atoms with E-state index in [0.717, 1.165) is 32.5 Å². The molecule has 0 amide bonds. The number of para-hydroxylation sites is 1. The van der Waals surface area contributed by atoms with Gasteiger partial charge in [0, 0.05) is 54.2 Å². The molecule has 6 rings (SSSR count). The number of nitrogens with zero attached hydrogens (tertiary/aromatic N) is 5. The molecule has 11 heteroatoms. The highest BCUT2D eigenvalue weighted by atomic mass is 35.5. The maximum Gasteiger partial charge on any atom is 0.271 e. The molecule has 2 aromatic carbocycles. The zero-order valence-electron chi connectivity index (χ0n) is 21.2. The second-order valence-corrected chi connectivity index (χ2v) is 13.3. The smallest absolute Gasteiger partial charge is 0.271 e. The first-order chi connectivity index (χ1) is 18.7. The van der Waals surface area contributed by atoms with Gasteiger partial charge in [-0.1, -0.05) is 41.9 Å². The molecule has 0 unspecified atom stereocenters. The molecule has 1 saturated heterocycles. The molecule has 0 saturated carbocycles. The highest BCUT2D eigenvalue weighted by molar-refractivity contribution is 7.88. The lowest BCUT2D eigenvalue weighted by Crippen LogP contribution is -2.47. The van der Waals surface area contributed by atoms with Crippen LogP contribution in [-0.2, 0) is 23.1 Å². The molecule has 4 heterocycles. The molecule has 1 aliphatic heterocycles. The van der Waals surface area contributed by atoms with E-state index in [2.05, 4.69) is 16.0 Å². The lowest BCUT2D eigenvalue weighted by atomic mass is 10.1. The Bertz CT molecular complexity index is 1840. The Morgan fingerprint density at radius 2 is 1.74 bits per heavy atom. The van der Waals surface area contributed by atoms with E-state index < -0.39 is 10.0 Å². The Morgan fingerprint density at radius 1 is 0.974 bits per heavy atom. The summed E-state index contributed by atoms with van der Waals surface area (Å²) in [4.78, 5) is 25.9. The molecule has 1 fully saturated rings. The van der Waals surface area contributed by atoms with Gasteiger partial charge in [0.15, 0.2) is 0 Å². The molecule has 200 valence electrons. The maximum absolute atomic E-state index is 13.4. The van der Waals surface area contributed by atoms with Crippen molar-refractivity contribution in [2.75, 3.05) is 32.4 Å². The zero-order valence-corrected chi connectivity index (χ0v) is 23.6. The minimum atomic E-state index is -3.15. The molecular weight excluding hydrogens is 554 g/mol. The molecule has 5 aromatic rings. The fourth-order valence-corrected chi connectivity index (χ4v) is 6.98. The van der Waals surface area contributed by atoms with Crippen LogP contribution in [0.4, 0.5) is 0 Å². The van der Waals surface area contributed by atoms with Crippen molar-refractivity contribution >= 4 is 54.1 Å². The third kappa shape index (κ3) is 5.48. The van der Waals surface area contributed by atoms with Crippen LogP contribution in [0.15, 0.2) is 71.9 Å². The van der Waals surface area contributed by atoms with Crippen molar-refractivity contribution in [3.8, 4) is 10.4 Å². The summed E-state index contributed by atoms with van der Waals surface area (Å²) < 4.78 is 27.3. The number of pyridine rings is 1. The predicted molar refractivity (Wildman–Crippen MR) is 157 cm³/mol. The van der Waals surface area contributed by atoms with Gasteiger partial charge in [-0.3, -0.25) is 19.2 Å². The van der Waals surface area contributed by atoms with Gasteiger partial charge in [-0.25, -0.2) is 13.4 Å². The van der Waals surface area contributed by atoms with Gasteiger partial charge in [-0.05, 0) is 41.0 Å². The topological polar surface area (TPSA) is 88.4 Å². The Morgan fingerprint density at radius 3 is 2.49 bits per heavy atom. The first-order valence-corrected chi connectivity index (χ1v) is 15.6. The van der Waals surface area contributed by atoms with Crippen molar-refractivity contribution in [1.29, 1.82) is 0 Å². The van der Waals surface area contributed by atoms with Crippen LogP contribution >= 0.6 is 22.9 Å². The van der Waals surface area contributed by atoms with Crippen molar-refractivity contribution in [2.24, 2.45) is 0 Å². The quantitative estimate of drug-likeness (QED) is 0.295. The summed E-state index contributed by atoms with van der Waals surface area (Å²) >= 11 is 7.46. The van der Waals surface area contributed by atoms with Crippen LogP contribution in [0.2, 0.25) is 5.02 Å². The van der Waals surface area contributed by atoms with Crippen LogP contribution in [0.3, 0.4) is 0 Å². The van der Waals surface area contributed by atoms with Gasteiger partial charge in [0.25, 0.3) is 5.56 Å². The Kier molecular flexibility index (Phi) is 6.98. The summed E-state index contributed by atoms with van der Waals surface area (Å²) in [6.07, 6.45) is 4.73. The van der Waals surface area contributed by atoms with Gasteiger partial charge in [0.1, 0.15) is 4.70 Å². The second kappa shape index (κ2) is 10.4. The van der Waals surface area contributed by atoms with E-state index in [9.17, 15) is 13.2 Å². The first kappa shape index (κ1) is 26.1. The number of benzene rings is 2. The minimum absolute atomic E-state index is 0.0768. The maximum atomic E-state index is 13.4. The number of sulfonamides is 1. The summed E-state index contributed by atoms with van der Waals surface area (Å²) in [6.45, 7) is 3.45. The van der Waals surface area contributed by atoms with Crippen molar-refractivity contribution in [3.63, 3.8) is 0 Å². The average molecular weight is 580 g/mol. The lowest BCUT2D eigenvalue weighted by Gasteiger charge is -2.33. The molecular formula is C28H26ClN5O3S2. The van der Waals surface area contributed by atoms with Gasteiger partial charge in [-0.2, -0.15) is 4.31 Å². The third-order valence-electron chi connectivity index (χ3n) is 7.03. The molecule has 8 nitrogen and oxygen atoms in total. The Balaban J connectivity index is 1.23. The van der Waals surface area contributed by atoms with E-state index in [1.165, 1.54) is 21.9 Å². The molecule has 39 heavy (non-hydrogen) atoms. The number of hydrogen-bond acceptors (Lipinski definition) is 7. The van der Waals surface area contributed by atoms with Gasteiger partial charge in [-0.15, -0.1) is 11.3 Å². The van der Waals surface area contributed by atoms with Gasteiger partial charge in [0.05, 0.1) is 30.2 Å². The van der Waals surface area contributed by atoms with Gasteiger partial charge < -0.3 is 0 Å². The monoisotopic (exact) mass is 579 g/mol. The molecule has 3 aromatic heterocycles. The zero-order chi connectivity index (χ0) is 27.1. The van der Waals surface area contributed by atoms with Crippen LogP contribution in [0.1, 0.15) is 11.1 Å². The summed E-state index contributed by atoms with van der Waals surface area (Å²) in [5, 5.41) is 1.67. The molecule has 0 aliphatic carbocycles. The van der Waals surface area contributed by atoms with Crippen molar-refractivity contribution in [3.05, 3.63) is 93.6 Å². The van der Waals surface area contributed by atoms with E-state index in [1.807, 2.05) is 54.7 Å². The highest BCUT2D eigenvalue weighted by Crippen LogP contribution is 2.31. The van der Waals surface area contributed by atoms with E-state index in [0.29, 0.717) is 54.5 Å². The number of halogens is 1. The molecule has 0 bridgehead atoms. The predicted octanol–water partition coefficient (Wildman–Crippen LogP) is 4.45. The van der Waals surface area contributed by atoms with Crippen molar-refractivity contribution in [1.82, 2.24) is 23.7 Å². The third-order valence-corrected chi connectivity index (χ3v) is 9.75. The lowest BCUT2D eigenvalue weighted by molar-refractivity contribution is 0.182. The summed E-state index contributed by atoms with van der Waals surface area (Å²) in [5.74, 6) is 0. The normalized spacial score (nSPS) is 15.3. The van der Waals surface area contributed by atoms with E-state index >= 15 is 0 Å². The van der Waals surface area contributed by atoms with Gasteiger partial charge in [0.2, 0.25) is 10.0 Å². The van der Waals surface area contributed by atoms with E-state index in [-0.39, 0.29) is 5.56 Å². The fourth-order valence-electron chi connectivity index (χ4n) is 4.96. The minimum Gasteiger partial charge on any atom is -0.296 e. The summed E-state index contributed by atoms with van der Waals surface area (Å²) in [5.41, 5.74) is 4.47. The fraction of sp³-hybridized carbons (Fsp3) is 0.250. The van der Waals surface area contributed by atoms with Crippen molar-refractivity contribution < 1.29 is 8.42 Å². The number of aromatic nitrogens is 3. The second-order valence-electron chi connectivity index (χ2n) is 9.78. The number of piperazine rings is 1. The van der Waals surface area contributed by atoms with E-state index in [1.54, 1.807) is 10.9 Å². The largest absolute Gasteiger partial charge is 0.296 e. The summed E-state index contributed by atoms with van der Waals surface area (Å²) in [6, 6.07) is 17.6. The SMILES string of the molecule is CS(=O)(=O)N1CCN(Cc2cnc3c(Cn4cnc5cc(-c6ccc(Cl)cc6)sc5c4=O)cccc3c2)CC1. The standard InChI is InChI=1S/C28H26ClN5O3S2/c1-39(36,37)34-11-9-32(10-12-34)16-19-13-21-3-2-4-22(26(21)30-15-19)17-33-18-31-24-14-25(38-27(24)28(33)35)20-5-7-23(29)8-6-20/h2-8,13-15,18H,9-12,16-17H2,1H3. The molecule has 0 N–H and O–H groups in total. The molecule has 0 atom stereocenters. The highest BCUT2D eigenvalue weighted by Gasteiger charge is 2.23. The number of rotatable bonds is 6. The average Bonchev–Trinajstić information content (AvgIpc) is 3.36. The van der Waals surface area contributed by atoms with Crippen molar-refractivity contribution in [2.45, 2.75) is 13.1 Å². The molecule has 1 aliphatic rings. The number of thiophene rings is 1. The molecule has 0 spiro atoms. The Labute approximate surface area is 235 Å². The Hall–Kier alpha value is -3.15. The molecule has 0 radical (unpaired) electrons. The summed E-state index contributed by atoms with van der Waals surface area (Å²) in [7, 11) is -3.15. The van der Waals surface area contributed by atoms with E-state index in [4.69, 9.17) is 16.6 Å². The number of fused-ring (bicyclic) bond motifs is 2. The number of hydrogen-bond donors (Lipinski definition) is 0. The van der Waals surface area contributed by atoms with Crippen LogP contribution in [-0.4, -0.2) is 64.6 Å². The van der Waals surface area contributed by atoms with Crippen LogP contribution in [0.25, 0.3) is 31.6 Å². The van der Waals surface area contributed by atoms with Crippen LogP contribution < -0.4 is 5.56 Å².